The zero-order valence-electron chi connectivity index (χ0n) is 9.24. The largest absolute Gasteiger partial charge is 0.497 e. The number of rotatable bonds is 4. The molecule has 0 spiro atoms. The van der Waals surface area contributed by atoms with Gasteiger partial charge in [-0.2, -0.15) is 0 Å². The van der Waals surface area contributed by atoms with Crippen LogP contribution in [0.3, 0.4) is 0 Å². The van der Waals surface area contributed by atoms with Gasteiger partial charge in [0.15, 0.2) is 0 Å². The van der Waals surface area contributed by atoms with Gasteiger partial charge in [0.05, 0.1) is 11.9 Å². The molecule has 0 radical (unpaired) electrons. The van der Waals surface area contributed by atoms with E-state index < -0.39 is 5.60 Å². The van der Waals surface area contributed by atoms with Gasteiger partial charge >= 0.3 is 0 Å². The number of allylic oxidation sites excluding steroid dienone is 1. The number of hydrogen-bond donors (Lipinski definition) is 2. The zero-order valence-corrected chi connectivity index (χ0v) is 9.24. The maximum absolute atomic E-state index is 10.1. The Morgan fingerprint density at radius 2 is 2.20 bits per heavy atom. The summed E-state index contributed by atoms with van der Waals surface area (Å²) < 4.78 is 5.45. The minimum absolute atomic E-state index is 0.292. The summed E-state index contributed by atoms with van der Waals surface area (Å²) in [6, 6.07) is 0. The molecule has 1 fully saturated rings. The summed E-state index contributed by atoms with van der Waals surface area (Å²) in [5.41, 5.74) is -0.440. The van der Waals surface area contributed by atoms with Gasteiger partial charge in [-0.1, -0.05) is 12.8 Å². The van der Waals surface area contributed by atoms with Crippen LogP contribution in [0.5, 0.6) is 0 Å². The summed E-state index contributed by atoms with van der Waals surface area (Å²) in [6.07, 6.45) is 10.6. The van der Waals surface area contributed by atoms with Gasteiger partial charge in [-0.25, -0.2) is 0 Å². The SMILES string of the molecule is OC1(CNCC2CCC=CO2)CCCC1. The second kappa shape index (κ2) is 4.99. The molecule has 15 heavy (non-hydrogen) atoms. The van der Waals surface area contributed by atoms with Gasteiger partial charge in [0.1, 0.15) is 6.10 Å². The first-order valence-corrected chi connectivity index (χ1v) is 6.02. The van der Waals surface area contributed by atoms with Crippen LogP contribution < -0.4 is 5.32 Å². The minimum Gasteiger partial charge on any atom is -0.497 e. The van der Waals surface area contributed by atoms with Crippen LogP contribution in [-0.4, -0.2) is 29.9 Å². The van der Waals surface area contributed by atoms with Crippen LogP contribution in [-0.2, 0) is 4.74 Å². The molecule has 2 N–H and O–H groups in total. The maximum atomic E-state index is 10.1. The molecule has 86 valence electrons. The van der Waals surface area contributed by atoms with Crippen LogP contribution in [0.1, 0.15) is 38.5 Å². The molecule has 2 aliphatic rings. The molecule has 3 nitrogen and oxygen atoms in total. The molecule has 1 unspecified atom stereocenters. The van der Waals surface area contributed by atoms with Gasteiger partial charge in [-0.3, -0.25) is 0 Å². The Morgan fingerprint density at radius 3 is 2.87 bits per heavy atom. The molecule has 1 aliphatic heterocycles. The molecule has 0 saturated heterocycles. The van der Waals surface area contributed by atoms with Crippen molar-refractivity contribution in [3.63, 3.8) is 0 Å². The third kappa shape index (κ3) is 3.21. The molecule has 2 rings (SSSR count). The highest BCUT2D eigenvalue weighted by Gasteiger charge is 2.30. The van der Waals surface area contributed by atoms with Crippen LogP contribution >= 0.6 is 0 Å². The van der Waals surface area contributed by atoms with Crippen molar-refractivity contribution in [2.75, 3.05) is 13.1 Å². The monoisotopic (exact) mass is 211 g/mol. The Bertz CT molecular complexity index is 222. The van der Waals surface area contributed by atoms with E-state index in [9.17, 15) is 5.11 Å². The smallest absolute Gasteiger partial charge is 0.110 e. The molecule has 1 aliphatic carbocycles. The molecule has 1 heterocycles. The predicted octanol–water partition coefficient (Wildman–Crippen LogP) is 1.57. The predicted molar refractivity (Wildman–Crippen MR) is 59.5 cm³/mol. The number of aliphatic hydroxyl groups is 1. The first-order chi connectivity index (χ1) is 7.29. The summed E-state index contributed by atoms with van der Waals surface area (Å²) >= 11 is 0. The van der Waals surface area contributed by atoms with Crippen molar-refractivity contribution in [1.29, 1.82) is 0 Å². The van der Waals surface area contributed by atoms with Gasteiger partial charge in [0, 0.05) is 13.1 Å². The molecular weight excluding hydrogens is 190 g/mol. The Hall–Kier alpha value is -0.540. The fraction of sp³-hybridized carbons (Fsp3) is 0.833. The summed E-state index contributed by atoms with van der Waals surface area (Å²) in [5, 5.41) is 13.4. The van der Waals surface area contributed by atoms with E-state index in [4.69, 9.17) is 4.74 Å². The van der Waals surface area contributed by atoms with E-state index in [-0.39, 0.29) is 0 Å². The minimum atomic E-state index is -0.440. The Labute approximate surface area is 91.5 Å². The van der Waals surface area contributed by atoms with Crippen LogP contribution in [0.2, 0.25) is 0 Å². The van der Waals surface area contributed by atoms with Crippen LogP contribution in [0, 0.1) is 0 Å². The summed E-state index contributed by atoms with van der Waals surface area (Å²) in [4.78, 5) is 0. The van der Waals surface area contributed by atoms with E-state index in [1.807, 2.05) is 0 Å². The van der Waals surface area contributed by atoms with Gasteiger partial charge in [0.2, 0.25) is 0 Å². The molecule has 0 aromatic heterocycles. The normalized spacial score (nSPS) is 29.0. The van der Waals surface area contributed by atoms with Gasteiger partial charge in [-0.05, 0) is 31.8 Å². The van der Waals surface area contributed by atoms with E-state index in [1.165, 1.54) is 12.8 Å². The first-order valence-electron chi connectivity index (χ1n) is 6.02. The average molecular weight is 211 g/mol. The van der Waals surface area contributed by atoms with Crippen molar-refractivity contribution in [3.05, 3.63) is 12.3 Å². The quantitative estimate of drug-likeness (QED) is 0.741. The number of nitrogens with one attached hydrogen (secondary N) is 1. The highest BCUT2D eigenvalue weighted by atomic mass is 16.5. The second-order valence-electron chi connectivity index (χ2n) is 4.77. The molecule has 0 amide bonds. The van der Waals surface area contributed by atoms with Gasteiger partial charge in [-0.15, -0.1) is 0 Å². The van der Waals surface area contributed by atoms with E-state index in [0.717, 1.165) is 38.8 Å². The molecule has 3 heteroatoms. The lowest BCUT2D eigenvalue weighted by molar-refractivity contribution is 0.0417. The standard InChI is InChI=1S/C12H21NO2/c14-12(6-2-3-7-12)10-13-9-11-5-1-4-8-15-11/h4,8,11,13-14H,1-3,5-7,9-10H2. The number of hydrogen-bond acceptors (Lipinski definition) is 3. The highest BCUT2D eigenvalue weighted by molar-refractivity contribution is 4.88. The lowest BCUT2D eigenvalue weighted by atomic mass is 10.0. The Balaban J connectivity index is 1.63. The van der Waals surface area contributed by atoms with Crippen molar-refractivity contribution in [1.82, 2.24) is 5.32 Å². The van der Waals surface area contributed by atoms with Crippen molar-refractivity contribution in [3.8, 4) is 0 Å². The molecule has 0 aromatic rings. The van der Waals surface area contributed by atoms with E-state index in [0.29, 0.717) is 6.10 Å². The fourth-order valence-corrected chi connectivity index (χ4v) is 2.41. The van der Waals surface area contributed by atoms with E-state index >= 15 is 0 Å². The van der Waals surface area contributed by atoms with Gasteiger partial charge in [0.25, 0.3) is 0 Å². The third-order valence-electron chi connectivity index (χ3n) is 3.38. The molecule has 0 bridgehead atoms. The van der Waals surface area contributed by atoms with Crippen molar-refractivity contribution in [2.24, 2.45) is 0 Å². The molecule has 0 aromatic carbocycles. The Morgan fingerprint density at radius 1 is 1.40 bits per heavy atom. The van der Waals surface area contributed by atoms with Crippen molar-refractivity contribution < 1.29 is 9.84 Å². The van der Waals surface area contributed by atoms with Crippen molar-refractivity contribution in [2.45, 2.75) is 50.2 Å². The Kier molecular flexibility index (Phi) is 3.65. The van der Waals surface area contributed by atoms with Gasteiger partial charge < -0.3 is 15.2 Å². The lowest BCUT2D eigenvalue weighted by Gasteiger charge is -2.25. The van der Waals surface area contributed by atoms with Crippen LogP contribution in [0.25, 0.3) is 0 Å². The average Bonchev–Trinajstić information content (AvgIpc) is 2.67. The van der Waals surface area contributed by atoms with E-state index in [1.54, 1.807) is 6.26 Å². The number of ether oxygens (including phenoxy) is 1. The maximum Gasteiger partial charge on any atom is 0.110 e. The third-order valence-corrected chi connectivity index (χ3v) is 3.38. The molecule has 1 atom stereocenters. The first kappa shape index (κ1) is 11.0. The van der Waals surface area contributed by atoms with Crippen LogP contribution in [0.4, 0.5) is 0 Å². The van der Waals surface area contributed by atoms with Crippen LogP contribution in [0.15, 0.2) is 12.3 Å². The van der Waals surface area contributed by atoms with Crippen molar-refractivity contribution >= 4 is 0 Å². The topological polar surface area (TPSA) is 41.5 Å². The summed E-state index contributed by atoms with van der Waals surface area (Å²) in [5.74, 6) is 0. The highest BCUT2D eigenvalue weighted by Crippen LogP contribution is 2.28. The lowest BCUT2D eigenvalue weighted by Crippen LogP contribution is -2.41. The van der Waals surface area contributed by atoms with E-state index in [2.05, 4.69) is 11.4 Å². The summed E-state index contributed by atoms with van der Waals surface area (Å²) in [7, 11) is 0. The summed E-state index contributed by atoms with van der Waals surface area (Å²) in [6.45, 7) is 1.57. The second-order valence-corrected chi connectivity index (χ2v) is 4.77. The molecule has 1 saturated carbocycles. The molecular formula is C12H21NO2. The fourth-order valence-electron chi connectivity index (χ4n) is 2.41. The zero-order chi connectivity index (χ0) is 10.6.